The summed E-state index contributed by atoms with van der Waals surface area (Å²) in [6.07, 6.45) is 6.59. The summed E-state index contributed by atoms with van der Waals surface area (Å²) in [5, 5.41) is 11.6. The standard InChI is InChI=1S/C11H18N4/c1-2-13-8-11-9-15(10-14-11)7-5-3-4-6-12/h9-10,13H,2-5,7-8H2,1H3. The SMILES string of the molecule is CCNCc1cn(CCCCC#N)cn1. The van der Waals surface area contributed by atoms with E-state index >= 15 is 0 Å². The summed E-state index contributed by atoms with van der Waals surface area (Å²) in [5.41, 5.74) is 1.08. The zero-order valence-electron chi connectivity index (χ0n) is 9.24. The van der Waals surface area contributed by atoms with Crippen LogP contribution in [0.1, 0.15) is 31.9 Å². The van der Waals surface area contributed by atoms with Gasteiger partial charge < -0.3 is 9.88 Å². The van der Waals surface area contributed by atoms with Crippen LogP contribution in [0.4, 0.5) is 0 Å². The topological polar surface area (TPSA) is 53.6 Å². The fraction of sp³-hybridized carbons (Fsp3) is 0.636. The molecule has 0 bridgehead atoms. The lowest BCUT2D eigenvalue weighted by Crippen LogP contribution is -2.11. The van der Waals surface area contributed by atoms with Gasteiger partial charge in [0.05, 0.1) is 18.1 Å². The highest BCUT2D eigenvalue weighted by molar-refractivity contribution is 4.95. The molecule has 0 amide bonds. The Morgan fingerprint density at radius 2 is 2.40 bits per heavy atom. The van der Waals surface area contributed by atoms with Crippen LogP contribution in [0.25, 0.3) is 0 Å². The van der Waals surface area contributed by atoms with E-state index in [9.17, 15) is 0 Å². The van der Waals surface area contributed by atoms with Gasteiger partial charge in [-0.15, -0.1) is 0 Å². The van der Waals surface area contributed by atoms with Crippen LogP contribution in [-0.2, 0) is 13.1 Å². The molecule has 0 aromatic carbocycles. The molecule has 1 aromatic heterocycles. The number of unbranched alkanes of at least 4 members (excludes halogenated alkanes) is 2. The number of aromatic nitrogens is 2. The van der Waals surface area contributed by atoms with Crippen LogP contribution in [0.15, 0.2) is 12.5 Å². The minimum atomic E-state index is 0.652. The molecule has 0 saturated carbocycles. The maximum absolute atomic E-state index is 8.39. The van der Waals surface area contributed by atoms with E-state index in [2.05, 4.69) is 34.1 Å². The van der Waals surface area contributed by atoms with Gasteiger partial charge in [0, 0.05) is 25.7 Å². The summed E-state index contributed by atoms with van der Waals surface area (Å²) < 4.78 is 2.09. The zero-order chi connectivity index (χ0) is 10.9. The van der Waals surface area contributed by atoms with Crippen molar-refractivity contribution in [3.05, 3.63) is 18.2 Å². The molecule has 0 aliphatic rings. The second kappa shape index (κ2) is 7.02. The van der Waals surface area contributed by atoms with E-state index in [1.165, 1.54) is 0 Å². The highest BCUT2D eigenvalue weighted by atomic mass is 15.0. The summed E-state index contributed by atoms with van der Waals surface area (Å²) in [5.74, 6) is 0. The van der Waals surface area contributed by atoms with Crippen LogP contribution in [0.2, 0.25) is 0 Å². The molecule has 0 unspecified atom stereocenters. The molecular weight excluding hydrogens is 188 g/mol. The van der Waals surface area contributed by atoms with Crippen molar-refractivity contribution in [2.24, 2.45) is 0 Å². The third-order valence-corrected chi connectivity index (χ3v) is 2.20. The van der Waals surface area contributed by atoms with Gasteiger partial charge in [-0.25, -0.2) is 4.98 Å². The predicted molar refractivity (Wildman–Crippen MR) is 59.1 cm³/mol. The van der Waals surface area contributed by atoms with E-state index in [0.29, 0.717) is 6.42 Å². The first-order chi connectivity index (χ1) is 7.36. The van der Waals surface area contributed by atoms with Gasteiger partial charge in [0.2, 0.25) is 0 Å². The van der Waals surface area contributed by atoms with E-state index in [1.807, 2.05) is 6.33 Å². The van der Waals surface area contributed by atoms with Gasteiger partial charge in [-0.1, -0.05) is 6.92 Å². The van der Waals surface area contributed by atoms with Crippen molar-refractivity contribution in [1.29, 1.82) is 5.26 Å². The molecule has 0 fully saturated rings. The smallest absolute Gasteiger partial charge is 0.0949 e. The normalized spacial score (nSPS) is 10.1. The Hall–Kier alpha value is -1.34. The average Bonchev–Trinajstić information content (AvgIpc) is 2.69. The quantitative estimate of drug-likeness (QED) is 0.691. The summed E-state index contributed by atoms with van der Waals surface area (Å²) in [6, 6.07) is 2.15. The number of hydrogen-bond acceptors (Lipinski definition) is 3. The number of nitrogens with one attached hydrogen (secondary N) is 1. The molecule has 0 atom stereocenters. The monoisotopic (exact) mass is 206 g/mol. The molecule has 1 N–H and O–H groups in total. The van der Waals surface area contributed by atoms with Crippen molar-refractivity contribution < 1.29 is 0 Å². The minimum Gasteiger partial charge on any atom is -0.337 e. The molecule has 15 heavy (non-hydrogen) atoms. The van der Waals surface area contributed by atoms with Gasteiger partial charge in [-0.2, -0.15) is 5.26 Å². The van der Waals surface area contributed by atoms with E-state index in [1.54, 1.807) is 0 Å². The Labute approximate surface area is 90.9 Å². The first kappa shape index (κ1) is 11.7. The van der Waals surface area contributed by atoms with Crippen molar-refractivity contribution in [3.63, 3.8) is 0 Å². The predicted octanol–water partition coefficient (Wildman–Crippen LogP) is 1.69. The van der Waals surface area contributed by atoms with Crippen LogP contribution in [0.3, 0.4) is 0 Å². The minimum absolute atomic E-state index is 0.652. The lowest BCUT2D eigenvalue weighted by Gasteiger charge is -1.99. The second-order valence-corrected chi connectivity index (χ2v) is 3.50. The first-order valence-electron chi connectivity index (χ1n) is 5.45. The molecule has 1 aromatic rings. The Bertz CT molecular complexity index is 311. The Morgan fingerprint density at radius 3 is 3.13 bits per heavy atom. The van der Waals surface area contributed by atoms with E-state index < -0.39 is 0 Å². The van der Waals surface area contributed by atoms with Crippen molar-refractivity contribution in [2.75, 3.05) is 6.54 Å². The summed E-state index contributed by atoms with van der Waals surface area (Å²) in [7, 11) is 0. The van der Waals surface area contributed by atoms with Crippen molar-refractivity contribution in [2.45, 2.75) is 39.3 Å². The van der Waals surface area contributed by atoms with Crippen LogP contribution >= 0.6 is 0 Å². The van der Waals surface area contributed by atoms with Gasteiger partial charge in [-0.3, -0.25) is 0 Å². The van der Waals surface area contributed by atoms with Crippen molar-refractivity contribution >= 4 is 0 Å². The number of rotatable bonds is 7. The van der Waals surface area contributed by atoms with E-state index in [-0.39, 0.29) is 0 Å². The molecule has 1 rings (SSSR count). The van der Waals surface area contributed by atoms with Gasteiger partial charge in [0.15, 0.2) is 0 Å². The molecule has 0 spiro atoms. The lowest BCUT2D eigenvalue weighted by molar-refractivity contribution is 0.614. The van der Waals surface area contributed by atoms with Crippen LogP contribution in [0.5, 0.6) is 0 Å². The second-order valence-electron chi connectivity index (χ2n) is 3.50. The van der Waals surface area contributed by atoms with E-state index in [4.69, 9.17) is 5.26 Å². The first-order valence-corrected chi connectivity index (χ1v) is 5.45. The van der Waals surface area contributed by atoms with Gasteiger partial charge in [0.25, 0.3) is 0 Å². The summed E-state index contributed by atoms with van der Waals surface area (Å²) in [6.45, 7) is 4.84. The fourth-order valence-electron chi connectivity index (χ4n) is 1.37. The molecule has 1 heterocycles. The van der Waals surface area contributed by atoms with Gasteiger partial charge in [0.1, 0.15) is 0 Å². The maximum atomic E-state index is 8.39. The summed E-state index contributed by atoms with van der Waals surface area (Å²) in [4.78, 5) is 4.29. The van der Waals surface area contributed by atoms with Gasteiger partial charge >= 0.3 is 0 Å². The van der Waals surface area contributed by atoms with Crippen LogP contribution < -0.4 is 5.32 Å². The number of imidazole rings is 1. The Morgan fingerprint density at radius 1 is 1.53 bits per heavy atom. The number of aryl methyl sites for hydroxylation is 1. The molecule has 82 valence electrons. The van der Waals surface area contributed by atoms with E-state index in [0.717, 1.165) is 38.2 Å². The fourth-order valence-corrected chi connectivity index (χ4v) is 1.37. The molecule has 0 aliphatic heterocycles. The van der Waals surface area contributed by atoms with Crippen LogP contribution in [-0.4, -0.2) is 16.1 Å². The number of nitriles is 1. The largest absolute Gasteiger partial charge is 0.337 e. The third kappa shape index (κ3) is 4.61. The molecular formula is C11H18N4. The maximum Gasteiger partial charge on any atom is 0.0949 e. The Balaban J connectivity index is 2.24. The molecule has 0 radical (unpaired) electrons. The summed E-state index contributed by atoms with van der Waals surface area (Å²) >= 11 is 0. The highest BCUT2D eigenvalue weighted by Crippen LogP contribution is 2.01. The molecule has 0 saturated heterocycles. The number of hydrogen-bond donors (Lipinski definition) is 1. The van der Waals surface area contributed by atoms with Crippen molar-refractivity contribution in [1.82, 2.24) is 14.9 Å². The zero-order valence-corrected chi connectivity index (χ0v) is 9.24. The Kier molecular flexibility index (Phi) is 5.49. The molecule has 4 heteroatoms. The molecule has 0 aliphatic carbocycles. The number of nitrogens with zero attached hydrogens (tertiary/aromatic N) is 3. The van der Waals surface area contributed by atoms with Crippen molar-refractivity contribution in [3.8, 4) is 6.07 Å². The molecule has 4 nitrogen and oxygen atoms in total. The highest BCUT2D eigenvalue weighted by Gasteiger charge is 1.97. The lowest BCUT2D eigenvalue weighted by atomic mass is 10.2. The average molecular weight is 206 g/mol. The van der Waals surface area contributed by atoms with Gasteiger partial charge in [-0.05, 0) is 19.4 Å². The van der Waals surface area contributed by atoms with Crippen LogP contribution in [0, 0.1) is 11.3 Å². The third-order valence-electron chi connectivity index (χ3n) is 2.20.